The van der Waals surface area contributed by atoms with Crippen LogP contribution < -0.4 is 5.32 Å². The molecule has 0 bridgehead atoms. The van der Waals surface area contributed by atoms with Crippen LogP contribution in [-0.4, -0.2) is 39.5 Å². The number of aliphatic carboxylic acids is 1. The largest absolute Gasteiger partial charge is 0.480 e. The first-order valence-electron chi connectivity index (χ1n) is 5.32. The molecule has 96 valence electrons. The molecule has 0 saturated carbocycles. The maximum absolute atomic E-state index is 10.9. The van der Waals surface area contributed by atoms with Crippen molar-refractivity contribution >= 4 is 17.3 Å². The lowest BCUT2D eigenvalue weighted by Gasteiger charge is -2.25. The van der Waals surface area contributed by atoms with Crippen LogP contribution in [-0.2, 0) is 4.79 Å². The summed E-state index contributed by atoms with van der Waals surface area (Å²) >= 11 is 1.40. The molecule has 0 spiro atoms. The topological polar surface area (TPSA) is 89.8 Å². The normalized spacial score (nSPS) is 18.4. The minimum Gasteiger partial charge on any atom is -0.480 e. The van der Waals surface area contributed by atoms with Crippen molar-refractivity contribution in [3.8, 4) is 0 Å². The van der Waals surface area contributed by atoms with Crippen molar-refractivity contribution in [2.24, 2.45) is 0 Å². The van der Waals surface area contributed by atoms with Gasteiger partial charge in [0.15, 0.2) is 0 Å². The summed E-state index contributed by atoms with van der Waals surface area (Å²) in [5.74, 6) is -1.13. The van der Waals surface area contributed by atoms with Crippen LogP contribution in [0.4, 0.5) is 0 Å². The predicted molar refractivity (Wildman–Crippen MR) is 65.0 cm³/mol. The number of nitrogens with one attached hydrogen (secondary N) is 1. The summed E-state index contributed by atoms with van der Waals surface area (Å²) in [5.41, 5.74) is 0. The fourth-order valence-electron chi connectivity index (χ4n) is 1.50. The summed E-state index contributed by atoms with van der Waals surface area (Å²) in [6.07, 6.45) is -1.80. The SMILES string of the molecule is CC(O)C(NC(C)C(O)c1cccs1)C(=O)O. The Hall–Kier alpha value is -0.950. The molecule has 0 radical (unpaired) electrons. The summed E-state index contributed by atoms with van der Waals surface area (Å²) < 4.78 is 0. The molecule has 5 nitrogen and oxygen atoms in total. The van der Waals surface area contributed by atoms with Crippen molar-refractivity contribution in [1.29, 1.82) is 0 Å². The zero-order valence-corrected chi connectivity index (χ0v) is 10.5. The van der Waals surface area contributed by atoms with Crippen LogP contribution in [0.1, 0.15) is 24.8 Å². The zero-order valence-electron chi connectivity index (χ0n) is 9.70. The lowest BCUT2D eigenvalue weighted by Crippen LogP contribution is -2.50. The molecule has 1 aromatic heterocycles. The van der Waals surface area contributed by atoms with Crippen LogP contribution in [0.15, 0.2) is 17.5 Å². The number of rotatable bonds is 6. The summed E-state index contributed by atoms with van der Waals surface area (Å²) in [7, 11) is 0. The van der Waals surface area contributed by atoms with Gasteiger partial charge in [-0.25, -0.2) is 0 Å². The van der Waals surface area contributed by atoms with E-state index >= 15 is 0 Å². The third-order valence-electron chi connectivity index (χ3n) is 2.50. The Labute approximate surface area is 104 Å². The van der Waals surface area contributed by atoms with Crippen molar-refractivity contribution in [2.45, 2.75) is 38.1 Å². The van der Waals surface area contributed by atoms with Gasteiger partial charge < -0.3 is 15.3 Å². The van der Waals surface area contributed by atoms with Crippen molar-refractivity contribution in [3.05, 3.63) is 22.4 Å². The Morgan fingerprint density at radius 2 is 2.06 bits per heavy atom. The van der Waals surface area contributed by atoms with Crippen LogP contribution in [0.5, 0.6) is 0 Å². The van der Waals surface area contributed by atoms with Gasteiger partial charge in [0, 0.05) is 10.9 Å². The quantitative estimate of drug-likeness (QED) is 0.600. The van der Waals surface area contributed by atoms with Crippen molar-refractivity contribution in [2.75, 3.05) is 0 Å². The average Bonchev–Trinajstić information content (AvgIpc) is 2.76. The van der Waals surface area contributed by atoms with Crippen molar-refractivity contribution in [1.82, 2.24) is 5.32 Å². The first kappa shape index (κ1) is 14.1. The first-order chi connectivity index (χ1) is 7.93. The molecule has 0 aliphatic heterocycles. The fraction of sp³-hybridized carbons (Fsp3) is 0.545. The summed E-state index contributed by atoms with van der Waals surface area (Å²) in [5, 5.41) is 32.7. The number of aliphatic hydroxyl groups is 2. The molecule has 6 heteroatoms. The second-order valence-corrected chi connectivity index (χ2v) is 4.95. The monoisotopic (exact) mass is 259 g/mol. The van der Waals surface area contributed by atoms with Crippen LogP contribution in [0, 0.1) is 0 Å². The maximum atomic E-state index is 10.9. The molecule has 0 saturated heterocycles. The van der Waals surface area contributed by atoms with E-state index in [1.165, 1.54) is 18.3 Å². The van der Waals surface area contributed by atoms with E-state index in [4.69, 9.17) is 5.11 Å². The van der Waals surface area contributed by atoms with E-state index in [1.807, 2.05) is 11.4 Å². The zero-order chi connectivity index (χ0) is 13.0. The smallest absolute Gasteiger partial charge is 0.323 e. The fourth-order valence-corrected chi connectivity index (χ4v) is 2.31. The van der Waals surface area contributed by atoms with Gasteiger partial charge in [-0.1, -0.05) is 6.07 Å². The number of hydrogen-bond donors (Lipinski definition) is 4. The van der Waals surface area contributed by atoms with Gasteiger partial charge in [-0.05, 0) is 25.3 Å². The Bertz CT molecular complexity index is 352. The molecule has 0 amide bonds. The van der Waals surface area contributed by atoms with Crippen LogP contribution in [0.2, 0.25) is 0 Å². The second-order valence-electron chi connectivity index (χ2n) is 3.97. The molecule has 0 aromatic carbocycles. The Kier molecular flexibility index (Phi) is 5.07. The highest BCUT2D eigenvalue weighted by Gasteiger charge is 2.27. The molecule has 4 unspecified atom stereocenters. The Morgan fingerprint density at radius 1 is 1.41 bits per heavy atom. The van der Waals surface area contributed by atoms with Gasteiger partial charge in [0.1, 0.15) is 12.1 Å². The van der Waals surface area contributed by atoms with E-state index in [-0.39, 0.29) is 0 Å². The van der Waals surface area contributed by atoms with E-state index < -0.39 is 30.3 Å². The van der Waals surface area contributed by atoms with E-state index in [0.717, 1.165) is 4.88 Å². The van der Waals surface area contributed by atoms with Crippen molar-refractivity contribution < 1.29 is 20.1 Å². The number of aliphatic hydroxyl groups excluding tert-OH is 2. The van der Waals surface area contributed by atoms with Gasteiger partial charge in [-0.3, -0.25) is 10.1 Å². The van der Waals surface area contributed by atoms with Gasteiger partial charge in [0.25, 0.3) is 0 Å². The number of thiophene rings is 1. The van der Waals surface area contributed by atoms with Crippen molar-refractivity contribution in [3.63, 3.8) is 0 Å². The third-order valence-corrected chi connectivity index (χ3v) is 3.44. The van der Waals surface area contributed by atoms with Gasteiger partial charge in [0.2, 0.25) is 0 Å². The molecule has 4 N–H and O–H groups in total. The molecule has 1 rings (SSSR count). The average molecular weight is 259 g/mol. The minimum atomic E-state index is -1.13. The lowest BCUT2D eigenvalue weighted by atomic mass is 10.1. The molecule has 1 aromatic rings. The van der Waals surface area contributed by atoms with Crippen LogP contribution in [0.3, 0.4) is 0 Å². The highest BCUT2D eigenvalue weighted by molar-refractivity contribution is 7.10. The van der Waals surface area contributed by atoms with Crippen LogP contribution >= 0.6 is 11.3 Å². The van der Waals surface area contributed by atoms with E-state index in [1.54, 1.807) is 13.0 Å². The first-order valence-corrected chi connectivity index (χ1v) is 6.20. The molecule has 0 fully saturated rings. The van der Waals surface area contributed by atoms with E-state index in [0.29, 0.717) is 0 Å². The molecular formula is C11H17NO4S. The number of carbonyl (C=O) groups is 1. The summed E-state index contributed by atoms with van der Waals surface area (Å²) in [4.78, 5) is 11.6. The van der Waals surface area contributed by atoms with Gasteiger partial charge >= 0.3 is 5.97 Å². The van der Waals surface area contributed by atoms with Gasteiger partial charge in [-0.15, -0.1) is 11.3 Å². The summed E-state index contributed by atoms with van der Waals surface area (Å²) in [6.45, 7) is 3.08. The Morgan fingerprint density at radius 3 is 2.47 bits per heavy atom. The minimum absolute atomic E-state index is 0.454. The highest BCUT2D eigenvalue weighted by atomic mass is 32.1. The van der Waals surface area contributed by atoms with E-state index in [9.17, 15) is 15.0 Å². The summed E-state index contributed by atoms with van der Waals surface area (Å²) in [6, 6.07) is 2.06. The molecule has 17 heavy (non-hydrogen) atoms. The van der Waals surface area contributed by atoms with Gasteiger partial charge in [0.05, 0.1) is 6.10 Å². The lowest BCUT2D eigenvalue weighted by molar-refractivity contribution is -0.142. The third kappa shape index (κ3) is 3.78. The molecule has 0 aliphatic carbocycles. The number of hydrogen-bond acceptors (Lipinski definition) is 5. The molecule has 0 aliphatic rings. The molecule has 1 heterocycles. The Balaban J connectivity index is 2.64. The van der Waals surface area contributed by atoms with E-state index in [2.05, 4.69) is 5.32 Å². The second kappa shape index (κ2) is 6.11. The molecular weight excluding hydrogens is 242 g/mol. The highest BCUT2D eigenvalue weighted by Crippen LogP contribution is 2.22. The molecule has 4 atom stereocenters. The van der Waals surface area contributed by atoms with Gasteiger partial charge in [-0.2, -0.15) is 0 Å². The standard InChI is InChI=1S/C11H17NO4S/c1-6(10(14)8-4-3-5-17-8)12-9(7(2)13)11(15)16/h3-7,9-10,12-14H,1-2H3,(H,15,16). The predicted octanol–water partition coefficient (Wildman–Crippen LogP) is 0.594. The number of carboxylic acid groups (broad SMARTS) is 1. The van der Waals surface area contributed by atoms with Crippen LogP contribution in [0.25, 0.3) is 0 Å². The maximum Gasteiger partial charge on any atom is 0.323 e. The number of carboxylic acids is 1.